The summed E-state index contributed by atoms with van der Waals surface area (Å²) in [4.78, 5) is 28.5. The Bertz CT molecular complexity index is 1320. The first-order chi connectivity index (χ1) is 17.3. The fourth-order valence-corrected chi connectivity index (χ4v) is 3.61. The van der Waals surface area contributed by atoms with E-state index in [1.54, 1.807) is 49.4 Å². The zero-order valence-corrected chi connectivity index (χ0v) is 21.4. The lowest BCUT2D eigenvalue weighted by Gasteiger charge is -2.13. The first kappa shape index (κ1) is 27.1. The topological polar surface area (TPSA) is 125 Å². The second-order valence-electron chi connectivity index (χ2n) is 7.07. The lowest BCUT2D eigenvalue weighted by atomic mass is 10.1. The number of halogens is 3. The van der Waals surface area contributed by atoms with E-state index in [0.717, 1.165) is 0 Å². The van der Waals surface area contributed by atoms with Gasteiger partial charge in [0.1, 0.15) is 28.7 Å². The number of hydrogen-bond acceptors (Lipinski definition) is 8. The summed E-state index contributed by atoms with van der Waals surface area (Å²) in [7, 11) is 1.53. The molecule has 1 amide bonds. The monoisotopic (exact) mass is 550 g/mol. The van der Waals surface area contributed by atoms with Gasteiger partial charge in [-0.3, -0.25) is 4.79 Å². The van der Waals surface area contributed by atoms with Crippen molar-refractivity contribution in [3.63, 3.8) is 0 Å². The van der Waals surface area contributed by atoms with Gasteiger partial charge in [0.05, 0.1) is 30.6 Å². The number of esters is 1. The molecule has 0 aliphatic carbocycles. The standard InChI is InChI=1S/C24H21Cl3N4O5/c1-3-35-24(33)15-6-4-5-7-17(15)36-12-14-10-13(8-9-16(14)34-2)11-29-31-23(32)21-18(25)20(28)19(26)22(27)30-21/h4-11H,3,12H2,1-2H3,(H2,28,30)(H,31,32)/b29-11+. The van der Waals surface area contributed by atoms with Gasteiger partial charge in [0.2, 0.25) is 0 Å². The van der Waals surface area contributed by atoms with Crippen molar-refractivity contribution in [3.8, 4) is 11.5 Å². The van der Waals surface area contributed by atoms with Crippen LogP contribution in [0.15, 0.2) is 47.6 Å². The van der Waals surface area contributed by atoms with Gasteiger partial charge in [-0.05, 0) is 42.8 Å². The number of anilines is 1. The van der Waals surface area contributed by atoms with Crippen LogP contribution >= 0.6 is 34.8 Å². The minimum absolute atomic E-state index is 0.0421. The second-order valence-corrected chi connectivity index (χ2v) is 8.18. The van der Waals surface area contributed by atoms with Crippen LogP contribution in [0.25, 0.3) is 0 Å². The summed E-state index contributed by atoms with van der Waals surface area (Å²) in [6, 6.07) is 12.0. The number of ether oxygens (including phenoxy) is 3. The molecule has 0 atom stereocenters. The number of aromatic nitrogens is 1. The molecular weight excluding hydrogens is 531 g/mol. The van der Waals surface area contributed by atoms with Crippen LogP contribution < -0.4 is 20.6 Å². The maximum Gasteiger partial charge on any atom is 0.341 e. The fourth-order valence-electron chi connectivity index (χ4n) is 3.02. The van der Waals surface area contributed by atoms with Crippen molar-refractivity contribution in [3.05, 3.63) is 80.0 Å². The number of para-hydroxylation sites is 1. The third kappa shape index (κ3) is 6.37. The number of carbonyl (C=O) groups excluding carboxylic acids is 2. The van der Waals surface area contributed by atoms with E-state index < -0.39 is 11.9 Å². The quantitative estimate of drug-likeness (QED) is 0.163. The van der Waals surface area contributed by atoms with Gasteiger partial charge in [0.25, 0.3) is 5.91 Å². The Morgan fingerprint density at radius 3 is 2.58 bits per heavy atom. The molecule has 0 aliphatic heterocycles. The normalized spacial score (nSPS) is 10.8. The SMILES string of the molecule is CCOC(=O)c1ccccc1OCc1cc(/C=N/NC(=O)c2nc(Cl)c(Cl)c(N)c2Cl)ccc1OC. The number of nitrogens with zero attached hydrogens (tertiary/aromatic N) is 2. The van der Waals surface area contributed by atoms with E-state index in [0.29, 0.717) is 28.2 Å². The smallest absolute Gasteiger partial charge is 0.341 e. The van der Waals surface area contributed by atoms with Crippen molar-refractivity contribution in [1.29, 1.82) is 0 Å². The molecule has 188 valence electrons. The number of nitrogens with two attached hydrogens (primary N) is 1. The zero-order valence-electron chi connectivity index (χ0n) is 19.2. The van der Waals surface area contributed by atoms with Crippen LogP contribution in [0.1, 0.15) is 38.9 Å². The summed E-state index contributed by atoms with van der Waals surface area (Å²) in [5.74, 6) is -0.272. The van der Waals surface area contributed by atoms with Crippen LogP contribution in [0.3, 0.4) is 0 Å². The predicted molar refractivity (Wildman–Crippen MR) is 138 cm³/mol. The third-order valence-electron chi connectivity index (χ3n) is 4.74. The molecule has 3 N–H and O–H groups in total. The van der Waals surface area contributed by atoms with Gasteiger partial charge in [-0.1, -0.05) is 46.9 Å². The largest absolute Gasteiger partial charge is 0.496 e. The molecular formula is C24H21Cl3N4O5. The number of nitrogen functional groups attached to an aromatic ring is 1. The van der Waals surface area contributed by atoms with Crippen molar-refractivity contribution in [2.75, 3.05) is 19.5 Å². The molecule has 0 saturated heterocycles. The van der Waals surface area contributed by atoms with Crippen LogP contribution in [0.5, 0.6) is 11.5 Å². The van der Waals surface area contributed by atoms with E-state index in [1.165, 1.54) is 13.3 Å². The van der Waals surface area contributed by atoms with Crippen molar-refractivity contribution >= 4 is 58.6 Å². The molecule has 0 fully saturated rings. The van der Waals surface area contributed by atoms with E-state index in [9.17, 15) is 9.59 Å². The Morgan fingerprint density at radius 1 is 1.11 bits per heavy atom. The average Bonchev–Trinajstić information content (AvgIpc) is 2.88. The Balaban J connectivity index is 1.74. The number of carbonyl (C=O) groups is 2. The summed E-state index contributed by atoms with van der Waals surface area (Å²) in [5, 5.41) is 3.60. The van der Waals surface area contributed by atoms with Crippen LogP contribution in [0.4, 0.5) is 5.69 Å². The van der Waals surface area contributed by atoms with Crippen molar-refractivity contribution in [2.24, 2.45) is 5.10 Å². The molecule has 0 radical (unpaired) electrons. The molecule has 0 unspecified atom stereocenters. The van der Waals surface area contributed by atoms with E-state index in [4.69, 9.17) is 54.7 Å². The van der Waals surface area contributed by atoms with Gasteiger partial charge in [-0.15, -0.1) is 0 Å². The summed E-state index contributed by atoms with van der Waals surface area (Å²) in [6.45, 7) is 2.07. The molecule has 1 heterocycles. The van der Waals surface area contributed by atoms with E-state index in [1.807, 2.05) is 0 Å². The fraction of sp³-hybridized carbons (Fsp3) is 0.167. The second kappa shape index (κ2) is 12.4. The van der Waals surface area contributed by atoms with E-state index >= 15 is 0 Å². The number of benzene rings is 2. The molecule has 3 aromatic rings. The molecule has 0 aliphatic rings. The highest BCUT2D eigenvalue weighted by atomic mass is 35.5. The van der Waals surface area contributed by atoms with Crippen molar-refractivity contribution < 1.29 is 23.8 Å². The molecule has 0 bridgehead atoms. The average molecular weight is 552 g/mol. The Morgan fingerprint density at radius 2 is 1.86 bits per heavy atom. The zero-order chi connectivity index (χ0) is 26.2. The molecule has 0 spiro atoms. The molecule has 2 aromatic carbocycles. The number of hydrogen-bond donors (Lipinski definition) is 2. The highest BCUT2D eigenvalue weighted by molar-refractivity contribution is 6.46. The van der Waals surface area contributed by atoms with Gasteiger partial charge in [0.15, 0.2) is 10.8 Å². The molecule has 1 aromatic heterocycles. The molecule has 9 nitrogen and oxygen atoms in total. The van der Waals surface area contributed by atoms with Crippen LogP contribution in [0.2, 0.25) is 15.2 Å². The minimum Gasteiger partial charge on any atom is -0.496 e. The maximum atomic E-state index is 12.4. The van der Waals surface area contributed by atoms with Crippen LogP contribution in [-0.2, 0) is 11.3 Å². The maximum absolute atomic E-state index is 12.4. The molecule has 36 heavy (non-hydrogen) atoms. The number of hydrazone groups is 1. The Labute approximate surface area is 222 Å². The number of methoxy groups -OCH3 is 1. The predicted octanol–water partition coefficient (Wildman–Crippen LogP) is 5.15. The van der Waals surface area contributed by atoms with Crippen molar-refractivity contribution in [2.45, 2.75) is 13.5 Å². The number of amides is 1. The molecule has 0 saturated carbocycles. The minimum atomic E-state index is -0.728. The first-order valence-corrected chi connectivity index (χ1v) is 11.6. The van der Waals surface area contributed by atoms with Gasteiger partial charge in [0, 0.05) is 5.56 Å². The van der Waals surface area contributed by atoms with Gasteiger partial charge in [-0.25, -0.2) is 15.2 Å². The van der Waals surface area contributed by atoms with Gasteiger partial charge in [-0.2, -0.15) is 5.10 Å². The number of nitrogens with one attached hydrogen (secondary N) is 1. The first-order valence-electron chi connectivity index (χ1n) is 10.5. The number of pyridine rings is 1. The van der Waals surface area contributed by atoms with Crippen LogP contribution in [0, 0.1) is 0 Å². The highest BCUT2D eigenvalue weighted by Gasteiger charge is 2.19. The Hall–Kier alpha value is -3.53. The lowest BCUT2D eigenvalue weighted by Crippen LogP contribution is -2.20. The van der Waals surface area contributed by atoms with Gasteiger partial charge < -0.3 is 19.9 Å². The van der Waals surface area contributed by atoms with Crippen LogP contribution in [-0.4, -0.2) is 36.8 Å². The van der Waals surface area contributed by atoms with E-state index in [-0.39, 0.29) is 39.8 Å². The molecule has 3 rings (SSSR count). The molecule has 12 heteroatoms. The van der Waals surface area contributed by atoms with Gasteiger partial charge >= 0.3 is 5.97 Å². The summed E-state index contributed by atoms with van der Waals surface area (Å²) >= 11 is 17.8. The summed E-state index contributed by atoms with van der Waals surface area (Å²) in [6.07, 6.45) is 1.40. The Kier molecular flexibility index (Phi) is 9.35. The highest BCUT2D eigenvalue weighted by Crippen LogP contribution is 2.34. The summed E-state index contributed by atoms with van der Waals surface area (Å²) < 4.78 is 16.4. The van der Waals surface area contributed by atoms with Crippen molar-refractivity contribution in [1.82, 2.24) is 10.4 Å². The number of rotatable bonds is 9. The summed E-state index contributed by atoms with van der Waals surface area (Å²) in [5.41, 5.74) is 9.39. The lowest BCUT2D eigenvalue weighted by molar-refractivity contribution is 0.0521. The van der Waals surface area contributed by atoms with E-state index in [2.05, 4.69) is 15.5 Å². The third-order valence-corrected chi connectivity index (χ3v) is 5.87.